The molecule has 166 valence electrons. The normalized spacial score (nSPS) is 13.8. The van der Waals surface area contributed by atoms with E-state index in [2.05, 4.69) is 30.4 Å². The molecule has 9 nitrogen and oxygen atoms in total. The molecule has 0 spiro atoms. The Morgan fingerprint density at radius 2 is 1.78 bits per heavy atom. The number of benzene rings is 1. The average Bonchev–Trinajstić information content (AvgIpc) is 3.47. The summed E-state index contributed by atoms with van der Waals surface area (Å²) in [5, 5.41) is 28.8. The van der Waals surface area contributed by atoms with Crippen molar-refractivity contribution in [2.75, 3.05) is 5.75 Å². The summed E-state index contributed by atoms with van der Waals surface area (Å²) in [4.78, 5) is 7.77. The zero-order chi connectivity index (χ0) is 22.8. The van der Waals surface area contributed by atoms with Crippen molar-refractivity contribution >= 4 is 11.8 Å². The lowest BCUT2D eigenvalue weighted by molar-refractivity contribution is -0.0804. The number of nitrogens with zero attached hydrogens (tertiary/aromatic N) is 8. The largest absolute Gasteiger partial charge is 0.383 e. The van der Waals surface area contributed by atoms with Crippen LogP contribution in [0.2, 0.25) is 0 Å². The fraction of sp³-hybridized carbons (Fsp3) is 0.300. The predicted molar refractivity (Wildman–Crippen MR) is 112 cm³/mol. The summed E-state index contributed by atoms with van der Waals surface area (Å²) in [6.07, 6.45) is 5.68. The van der Waals surface area contributed by atoms with Crippen molar-refractivity contribution in [2.45, 2.75) is 31.0 Å². The first-order chi connectivity index (χ1) is 15.3. The average molecular weight is 458 g/mol. The van der Waals surface area contributed by atoms with E-state index in [1.165, 1.54) is 52.5 Å². The summed E-state index contributed by atoms with van der Waals surface area (Å²) in [5.41, 5.74) is -2.64. The number of hydrogen-bond acceptors (Lipinski definition) is 8. The second-order valence-corrected chi connectivity index (χ2v) is 8.82. The van der Waals surface area contributed by atoms with E-state index in [0.717, 1.165) is 12.1 Å². The van der Waals surface area contributed by atoms with Crippen molar-refractivity contribution in [2.24, 2.45) is 5.41 Å². The van der Waals surface area contributed by atoms with Crippen LogP contribution in [-0.2, 0) is 12.1 Å². The van der Waals surface area contributed by atoms with Crippen LogP contribution in [0, 0.1) is 17.0 Å². The molecule has 0 saturated carbocycles. The van der Waals surface area contributed by atoms with Crippen LogP contribution in [0.15, 0.2) is 60.7 Å². The van der Waals surface area contributed by atoms with E-state index in [1.54, 1.807) is 26.0 Å². The lowest BCUT2D eigenvalue weighted by atomic mass is 9.71. The zero-order valence-corrected chi connectivity index (χ0v) is 18.1. The highest BCUT2D eigenvalue weighted by Gasteiger charge is 2.47. The van der Waals surface area contributed by atoms with Gasteiger partial charge < -0.3 is 5.11 Å². The molecule has 0 aliphatic rings. The van der Waals surface area contributed by atoms with Gasteiger partial charge in [-0.15, -0.1) is 22.0 Å². The van der Waals surface area contributed by atoms with Crippen LogP contribution in [0.25, 0.3) is 5.82 Å². The molecule has 12 heteroatoms. The monoisotopic (exact) mass is 458 g/mol. The Balaban J connectivity index is 1.59. The fourth-order valence-electron chi connectivity index (χ4n) is 3.25. The molecule has 0 aliphatic carbocycles. The number of thioether (sulfide) groups is 1. The van der Waals surface area contributed by atoms with Crippen molar-refractivity contribution in [1.82, 2.24) is 39.7 Å². The lowest BCUT2D eigenvalue weighted by Crippen LogP contribution is -2.47. The zero-order valence-electron chi connectivity index (χ0n) is 17.3. The maximum atomic E-state index is 14.8. The van der Waals surface area contributed by atoms with E-state index in [-0.39, 0.29) is 12.1 Å². The highest BCUT2D eigenvalue weighted by Crippen LogP contribution is 2.45. The first-order valence-electron chi connectivity index (χ1n) is 9.60. The molecule has 32 heavy (non-hydrogen) atoms. The number of aliphatic hydroxyl groups is 1. The van der Waals surface area contributed by atoms with Gasteiger partial charge in [-0.1, -0.05) is 19.9 Å². The van der Waals surface area contributed by atoms with E-state index >= 15 is 0 Å². The predicted octanol–water partition coefficient (Wildman–Crippen LogP) is 2.63. The fourth-order valence-corrected chi connectivity index (χ4v) is 4.26. The molecule has 0 radical (unpaired) electrons. The smallest absolute Gasteiger partial charge is 0.177 e. The van der Waals surface area contributed by atoms with E-state index in [0.29, 0.717) is 16.6 Å². The van der Waals surface area contributed by atoms with E-state index in [4.69, 9.17) is 0 Å². The maximum Gasteiger partial charge on any atom is 0.177 e. The summed E-state index contributed by atoms with van der Waals surface area (Å²) < 4.78 is 31.2. The number of rotatable bonds is 8. The molecule has 0 bridgehead atoms. The van der Waals surface area contributed by atoms with Gasteiger partial charge in [0.25, 0.3) is 0 Å². The third-order valence-electron chi connectivity index (χ3n) is 5.21. The Morgan fingerprint density at radius 1 is 1.00 bits per heavy atom. The SMILES string of the molecule is CC(C)(CSc1ccc(-n2cncn2)nn1)C(O)(Cn1cncn1)c1ccc(F)cc1F. The minimum Gasteiger partial charge on any atom is -0.383 e. The highest BCUT2D eigenvalue weighted by molar-refractivity contribution is 7.99. The first kappa shape index (κ1) is 22.0. The molecule has 1 aromatic carbocycles. The standard InChI is InChI=1S/C20H20F2N8OS/c1-19(2,9-32-18-6-5-17(27-28-18)30-13-24-11-26-30)20(31,8-29-12-23-10-25-29)15-4-3-14(21)7-16(15)22/h3-7,10-13,31H,8-9H2,1-2H3. The second-order valence-electron chi connectivity index (χ2n) is 7.82. The molecular formula is C20H20F2N8OS. The Bertz CT molecular complexity index is 1170. The van der Waals surface area contributed by atoms with Crippen molar-refractivity contribution in [1.29, 1.82) is 0 Å². The number of aromatic nitrogens is 8. The lowest BCUT2D eigenvalue weighted by Gasteiger charge is -2.43. The van der Waals surface area contributed by atoms with Gasteiger partial charge in [0.15, 0.2) is 5.82 Å². The second kappa shape index (κ2) is 8.71. The quantitative estimate of drug-likeness (QED) is 0.402. The van der Waals surface area contributed by atoms with E-state index in [9.17, 15) is 13.9 Å². The Hall–Kier alpha value is -3.25. The maximum absolute atomic E-state index is 14.8. The Kier molecular flexibility index (Phi) is 5.98. The van der Waals surface area contributed by atoms with Crippen molar-refractivity contribution in [3.05, 3.63) is 72.8 Å². The van der Waals surface area contributed by atoms with Gasteiger partial charge in [-0.05, 0) is 18.2 Å². The van der Waals surface area contributed by atoms with Gasteiger partial charge in [0.2, 0.25) is 0 Å². The molecule has 3 heterocycles. The molecule has 0 fully saturated rings. The number of hydrogen-bond donors (Lipinski definition) is 1. The summed E-state index contributed by atoms with van der Waals surface area (Å²) in [6, 6.07) is 6.68. The molecule has 4 aromatic rings. The summed E-state index contributed by atoms with van der Waals surface area (Å²) in [7, 11) is 0. The summed E-state index contributed by atoms with van der Waals surface area (Å²) in [6.45, 7) is 3.54. The molecule has 0 amide bonds. The molecule has 1 atom stereocenters. The van der Waals surface area contributed by atoms with Crippen molar-refractivity contribution < 1.29 is 13.9 Å². The van der Waals surface area contributed by atoms with Crippen molar-refractivity contribution in [3.63, 3.8) is 0 Å². The van der Waals surface area contributed by atoms with Crippen LogP contribution in [0.5, 0.6) is 0 Å². The van der Waals surface area contributed by atoms with Crippen LogP contribution in [0.4, 0.5) is 8.78 Å². The molecule has 1 N–H and O–H groups in total. The topological polar surface area (TPSA) is 107 Å². The molecule has 3 aromatic heterocycles. The van der Waals surface area contributed by atoms with Gasteiger partial charge >= 0.3 is 0 Å². The summed E-state index contributed by atoms with van der Waals surface area (Å²) in [5.74, 6) is -0.680. The van der Waals surface area contributed by atoms with Gasteiger partial charge in [0.05, 0.1) is 6.54 Å². The van der Waals surface area contributed by atoms with Gasteiger partial charge in [0, 0.05) is 22.8 Å². The molecule has 0 aliphatic heterocycles. The van der Waals surface area contributed by atoms with E-state index in [1.807, 2.05) is 0 Å². The van der Waals surface area contributed by atoms with Crippen LogP contribution in [-0.4, -0.2) is 50.6 Å². The molecule has 1 unspecified atom stereocenters. The molecule has 4 rings (SSSR count). The van der Waals surface area contributed by atoms with Gasteiger partial charge in [-0.3, -0.25) is 0 Å². The van der Waals surface area contributed by atoms with Crippen molar-refractivity contribution in [3.8, 4) is 5.82 Å². The van der Waals surface area contributed by atoms with Gasteiger partial charge in [-0.25, -0.2) is 28.1 Å². The molecular weight excluding hydrogens is 438 g/mol. The number of halogens is 2. The van der Waals surface area contributed by atoms with Crippen LogP contribution in [0.3, 0.4) is 0 Å². The Morgan fingerprint density at radius 3 is 2.41 bits per heavy atom. The summed E-state index contributed by atoms with van der Waals surface area (Å²) >= 11 is 1.36. The van der Waals surface area contributed by atoms with Crippen LogP contribution < -0.4 is 0 Å². The first-order valence-corrected chi connectivity index (χ1v) is 10.6. The van der Waals surface area contributed by atoms with Crippen LogP contribution >= 0.6 is 11.8 Å². The minimum atomic E-state index is -1.72. The van der Waals surface area contributed by atoms with Gasteiger partial charge in [0.1, 0.15) is 47.6 Å². The highest BCUT2D eigenvalue weighted by atomic mass is 32.2. The third kappa shape index (κ3) is 4.36. The third-order valence-corrected chi connectivity index (χ3v) is 6.59. The molecule has 0 saturated heterocycles. The minimum absolute atomic E-state index is 0.0207. The van der Waals surface area contributed by atoms with Crippen LogP contribution in [0.1, 0.15) is 19.4 Å². The van der Waals surface area contributed by atoms with Gasteiger partial charge in [-0.2, -0.15) is 10.2 Å². The van der Waals surface area contributed by atoms with E-state index < -0.39 is 22.7 Å². The Labute approximate surface area is 186 Å².